The number of nitro groups is 1. The van der Waals surface area contributed by atoms with Crippen molar-refractivity contribution in [2.45, 2.75) is 51.7 Å². The van der Waals surface area contributed by atoms with Crippen molar-refractivity contribution in [2.75, 3.05) is 13.1 Å². The second kappa shape index (κ2) is 5.60. The number of pyridine rings is 1. The Morgan fingerprint density at radius 2 is 1.95 bits per heavy atom. The molecule has 0 unspecified atom stereocenters. The van der Waals surface area contributed by atoms with Crippen molar-refractivity contribution in [2.24, 2.45) is 0 Å². The molecule has 0 aromatic carbocycles. The van der Waals surface area contributed by atoms with E-state index in [1.54, 1.807) is 13.0 Å². The van der Waals surface area contributed by atoms with Gasteiger partial charge in [-0.15, -0.1) is 0 Å². The standard InChI is InChI=1S/C15H21N3O3/c1-10-9-14(18(19)20)11(2)16-15(10)21-13-5-7-17(8-6-13)12-3-4-12/h9,12-13H,3-8H2,1-2H3. The lowest BCUT2D eigenvalue weighted by molar-refractivity contribution is -0.385. The van der Waals surface area contributed by atoms with Crippen LogP contribution in [0.15, 0.2) is 6.07 Å². The fourth-order valence-corrected chi connectivity index (χ4v) is 2.93. The van der Waals surface area contributed by atoms with E-state index in [9.17, 15) is 10.1 Å². The van der Waals surface area contributed by atoms with Crippen LogP contribution in [0.25, 0.3) is 0 Å². The average molecular weight is 291 g/mol. The first kappa shape index (κ1) is 14.3. The van der Waals surface area contributed by atoms with Gasteiger partial charge in [0.05, 0.1) is 4.92 Å². The minimum Gasteiger partial charge on any atom is -0.474 e. The number of likely N-dealkylation sites (tertiary alicyclic amines) is 1. The molecule has 0 spiro atoms. The molecule has 0 radical (unpaired) electrons. The molecule has 0 amide bonds. The van der Waals surface area contributed by atoms with Gasteiger partial charge in [0, 0.05) is 30.8 Å². The molecule has 1 saturated heterocycles. The monoisotopic (exact) mass is 291 g/mol. The van der Waals surface area contributed by atoms with E-state index in [4.69, 9.17) is 4.74 Å². The van der Waals surface area contributed by atoms with Gasteiger partial charge >= 0.3 is 0 Å². The molecule has 0 N–H and O–H groups in total. The fraction of sp³-hybridized carbons (Fsp3) is 0.667. The Balaban J connectivity index is 1.65. The molecule has 114 valence electrons. The Bertz CT molecular complexity index is 549. The van der Waals surface area contributed by atoms with E-state index in [-0.39, 0.29) is 11.8 Å². The Hall–Kier alpha value is -1.69. The molecule has 1 aromatic rings. The molecule has 2 aliphatic rings. The number of ether oxygens (including phenoxy) is 1. The average Bonchev–Trinajstić information content (AvgIpc) is 3.27. The number of aryl methyl sites for hydroxylation is 2. The lowest BCUT2D eigenvalue weighted by atomic mass is 10.1. The molecule has 1 aromatic heterocycles. The van der Waals surface area contributed by atoms with Gasteiger partial charge in [-0.05, 0) is 39.5 Å². The number of hydrogen-bond donors (Lipinski definition) is 0. The van der Waals surface area contributed by atoms with Gasteiger partial charge in [0.2, 0.25) is 5.88 Å². The van der Waals surface area contributed by atoms with Crippen molar-refractivity contribution in [1.29, 1.82) is 0 Å². The van der Waals surface area contributed by atoms with E-state index in [0.29, 0.717) is 11.6 Å². The van der Waals surface area contributed by atoms with Crippen molar-refractivity contribution in [3.05, 3.63) is 27.4 Å². The predicted octanol–water partition coefficient (Wildman–Crippen LogP) is 2.61. The second-order valence-corrected chi connectivity index (χ2v) is 6.06. The smallest absolute Gasteiger partial charge is 0.290 e. The first-order valence-electron chi connectivity index (χ1n) is 7.58. The van der Waals surface area contributed by atoms with Gasteiger partial charge in [0.1, 0.15) is 11.8 Å². The first-order valence-corrected chi connectivity index (χ1v) is 7.58. The SMILES string of the molecule is Cc1cc([N+](=O)[O-])c(C)nc1OC1CCN(C2CC2)CC1. The lowest BCUT2D eigenvalue weighted by Gasteiger charge is -2.32. The summed E-state index contributed by atoms with van der Waals surface area (Å²) >= 11 is 0. The van der Waals surface area contributed by atoms with Crippen LogP contribution in [-0.2, 0) is 0 Å². The third kappa shape index (κ3) is 3.15. The lowest BCUT2D eigenvalue weighted by Crippen LogP contribution is -2.39. The molecule has 1 aliphatic heterocycles. The highest BCUT2D eigenvalue weighted by Gasteiger charge is 2.32. The molecule has 1 saturated carbocycles. The summed E-state index contributed by atoms with van der Waals surface area (Å²) in [5.41, 5.74) is 1.20. The highest BCUT2D eigenvalue weighted by atomic mass is 16.6. The zero-order valence-electron chi connectivity index (χ0n) is 12.5. The van der Waals surface area contributed by atoms with Crippen molar-refractivity contribution in [1.82, 2.24) is 9.88 Å². The maximum Gasteiger partial charge on any atom is 0.290 e. The normalized spacial score (nSPS) is 20.5. The quantitative estimate of drug-likeness (QED) is 0.630. The Labute approximate surface area is 124 Å². The summed E-state index contributed by atoms with van der Waals surface area (Å²) in [6.07, 6.45) is 4.87. The molecule has 6 heteroatoms. The molecule has 0 atom stereocenters. The van der Waals surface area contributed by atoms with Crippen LogP contribution in [0.4, 0.5) is 5.69 Å². The number of aromatic nitrogens is 1. The second-order valence-electron chi connectivity index (χ2n) is 6.06. The van der Waals surface area contributed by atoms with Gasteiger partial charge < -0.3 is 9.64 Å². The molecular formula is C15H21N3O3. The van der Waals surface area contributed by atoms with Crippen molar-refractivity contribution < 1.29 is 9.66 Å². The molecule has 6 nitrogen and oxygen atoms in total. The van der Waals surface area contributed by atoms with Crippen LogP contribution in [0, 0.1) is 24.0 Å². The molecule has 21 heavy (non-hydrogen) atoms. The van der Waals surface area contributed by atoms with Gasteiger partial charge in [-0.1, -0.05) is 0 Å². The summed E-state index contributed by atoms with van der Waals surface area (Å²) in [5.74, 6) is 0.544. The topological polar surface area (TPSA) is 68.5 Å². The summed E-state index contributed by atoms with van der Waals surface area (Å²) in [5, 5.41) is 10.9. The van der Waals surface area contributed by atoms with E-state index < -0.39 is 4.92 Å². The maximum absolute atomic E-state index is 10.9. The van der Waals surface area contributed by atoms with Crippen LogP contribution < -0.4 is 4.74 Å². The van der Waals surface area contributed by atoms with Crippen molar-refractivity contribution in [3.8, 4) is 5.88 Å². The number of nitrogens with zero attached hydrogens (tertiary/aromatic N) is 3. The highest BCUT2D eigenvalue weighted by Crippen LogP contribution is 2.31. The third-order valence-electron chi connectivity index (χ3n) is 4.35. The summed E-state index contributed by atoms with van der Waals surface area (Å²) in [4.78, 5) is 17.3. The van der Waals surface area contributed by atoms with Gasteiger partial charge in [-0.3, -0.25) is 10.1 Å². The van der Waals surface area contributed by atoms with E-state index in [1.807, 2.05) is 6.92 Å². The van der Waals surface area contributed by atoms with Crippen LogP contribution in [0.2, 0.25) is 0 Å². The van der Waals surface area contributed by atoms with Gasteiger partial charge in [0.25, 0.3) is 5.69 Å². The largest absolute Gasteiger partial charge is 0.474 e. The molecule has 1 aliphatic carbocycles. The van der Waals surface area contributed by atoms with Crippen LogP contribution >= 0.6 is 0 Å². The minimum absolute atomic E-state index is 0.0587. The summed E-state index contributed by atoms with van der Waals surface area (Å²) in [6, 6.07) is 2.37. The van der Waals surface area contributed by atoms with Gasteiger partial charge in [0.15, 0.2) is 0 Å². The van der Waals surface area contributed by atoms with E-state index in [0.717, 1.165) is 37.5 Å². The van der Waals surface area contributed by atoms with Crippen molar-refractivity contribution in [3.63, 3.8) is 0 Å². The van der Waals surface area contributed by atoms with Crippen molar-refractivity contribution >= 4 is 5.69 Å². The fourth-order valence-electron chi connectivity index (χ4n) is 2.93. The number of rotatable bonds is 4. The van der Waals surface area contributed by atoms with Crippen LogP contribution in [0.5, 0.6) is 5.88 Å². The van der Waals surface area contributed by atoms with E-state index >= 15 is 0 Å². The summed E-state index contributed by atoms with van der Waals surface area (Å²) < 4.78 is 5.99. The minimum atomic E-state index is -0.396. The van der Waals surface area contributed by atoms with Gasteiger partial charge in [-0.2, -0.15) is 0 Å². The third-order valence-corrected chi connectivity index (χ3v) is 4.35. The van der Waals surface area contributed by atoms with Crippen LogP contribution in [-0.4, -0.2) is 40.0 Å². The number of piperidine rings is 1. The summed E-state index contributed by atoms with van der Waals surface area (Å²) in [7, 11) is 0. The van der Waals surface area contributed by atoms with Crippen LogP contribution in [0.1, 0.15) is 36.9 Å². The number of hydrogen-bond acceptors (Lipinski definition) is 5. The van der Waals surface area contributed by atoms with Gasteiger partial charge in [-0.25, -0.2) is 4.98 Å². The zero-order chi connectivity index (χ0) is 15.0. The summed E-state index contributed by atoms with van der Waals surface area (Å²) in [6.45, 7) is 5.63. The Morgan fingerprint density at radius 3 is 2.52 bits per heavy atom. The predicted molar refractivity (Wildman–Crippen MR) is 78.6 cm³/mol. The molecule has 2 fully saturated rings. The van der Waals surface area contributed by atoms with E-state index in [1.165, 1.54) is 12.8 Å². The molecule has 0 bridgehead atoms. The molecule has 2 heterocycles. The highest BCUT2D eigenvalue weighted by molar-refractivity contribution is 5.42. The zero-order valence-corrected chi connectivity index (χ0v) is 12.5. The molecular weight excluding hydrogens is 270 g/mol. The maximum atomic E-state index is 10.9. The molecule has 3 rings (SSSR count). The van der Waals surface area contributed by atoms with Crippen LogP contribution in [0.3, 0.4) is 0 Å². The van der Waals surface area contributed by atoms with E-state index in [2.05, 4.69) is 9.88 Å². The first-order chi connectivity index (χ1) is 10.0. The Kier molecular flexibility index (Phi) is 3.80. The Morgan fingerprint density at radius 1 is 1.29 bits per heavy atom.